The molecule has 0 spiro atoms. The van der Waals surface area contributed by atoms with Crippen LogP contribution in [0, 0.1) is 23.5 Å². The van der Waals surface area contributed by atoms with Crippen LogP contribution in [-0.2, 0) is 53.8 Å². The molecule has 6 rings (SSSR count). The summed E-state index contributed by atoms with van der Waals surface area (Å²) in [5, 5.41) is 0. The van der Waals surface area contributed by atoms with Crippen LogP contribution in [0.2, 0.25) is 0 Å². The van der Waals surface area contributed by atoms with Crippen LogP contribution in [0.15, 0.2) is 96.6 Å². The van der Waals surface area contributed by atoms with E-state index >= 15 is 0 Å². The van der Waals surface area contributed by atoms with E-state index in [9.17, 15) is 26.3 Å². The van der Waals surface area contributed by atoms with Crippen molar-refractivity contribution in [2.75, 3.05) is 0 Å². The van der Waals surface area contributed by atoms with Gasteiger partial charge in [-0.1, -0.05) is 104 Å². The van der Waals surface area contributed by atoms with Crippen LogP contribution in [0.25, 0.3) is 11.1 Å². The Bertz CT molecular complexity index is 1880. The van der Waals surface area contributed by atoms with Gasteiger partial charge in [-0.05, 0) is 28.4 Å². The van der Waals surface area contributed by atoms with Gasteiger partial charge in [0.2, 0.25) is 0 Å². The van der Waals surface area contributed by atoms with Crippen LogP contribution in [0.3, 0.4) is 0 Å². The Kier molecular flexibility index (Phi) is 12.7. The van der Waals surface area contributed by atoms with Crippen LogP contribution >= 0.6 is 0 Å². The molecule has 1 atom stereocenters. The van der Waals surface area contributed by atoms with Crippen molar-refractivity contribution in [3.8, 4) is 11.1 Å². The molecular formula is C46H48F6Zr. The molecule has 2 aliphatic rings. The van der Waals surface area contributed by atoms with Crippen molar-refractivity contribution in [2.45, 2.75) is 98.8 Å². The average molecular weight is 806 g/mol. The molecule has 0 heterocycles. The van der Waals surface area contributed by atoms with Crippen molar-refractivity contribution in [1.29, 1.82) is 0 Å². The molecule has 0 radical (unpaired) electrons. The number of rotatable bonds is 2. The Morgan fingerprint density at radius 2 is 1.15 bits per heavy atom. The molecule has 0 saturated heterocycles. The van der Waals surface area contributed by atoms with Gasteiger partial charge in [-0.2, -0.15) is 35.4 Å². The van der Waals surface area contributed by atoms with E-state index in [1.54, 1.807) is 0 Å². The number of benzene rings is 4. The van der Waals surface area contributed by atoms with E-state index in [1.807, 2.05) is 0 Å². The summed E-state index contributed by atoms with van der Waals surface area (Å²) in [6.07, 6.45) is -0.294. The van der Waals surface area contributed by atoms with Gasteiger partial charge < -0.3 is 0 Å². The molecule has 1 unspecified atom stereocenters. The van der Waals surface area contributed by atoms with Gasteiger partial charge in [-0.3, -0.25) is 6.08 Å². The summed E-state index contributed by atoms with van der Waals surface area (Å²) in [6, 6.07) is 24.3. The fourth-order valence-corrected chi connectivity index (χ4v) is 6.71. The molecule has 2 aliphatic carbocycles. The van der Waals surface area contributed by atoms with Crippen molar-refractivity contribution in [3.63, 3.8) is 0 Å². The quantitative estimate of drug-likeness (QED) is 0.123. The number of allylic oxidation sites excluding steroid dienone is 4. The minimum absolute atomic E-state index is 0.167. The van der Waals surface area contributed by atoms with E-state index in [1.165, 1.54) is 63.2 Å². The third kappa shape index (κ3) is 11.1. The topological polar surface area (TPSA) is 0 Å². The normalized spacial score (nSPS) is 15.4. The predicted molar refractivity (Wildman–Crippen MR) is 202 cm³/mol. The van der Waals surface area contributed by atoms with E-state index < -0.39 is 23.5 Å². The fraction of sp³-hybridized carbons (Fsp3) is 0.370. The maximum absolute atomic E-state index is 12.7. The third-order valence-electron chi connectivity index (χ3n) is 9.22. The first kappa shape index (κ1) is 42.4. The van der Waals surface area contributed by atoms with Crippen LogP contribution in [0.4, 0.5) is 26.3 Å². The molecular weight excluding hydrogens is 758 g/mol. The molecule has 4 aromatic carbocycles. The molecule has 0 fully saturated rings. The van der Waals surface area contributed by atoms with Gasteiger partial charge in [0.15, 0.2) is 0 Å². The number of hydrogen-bond donors (Lipinski definition) is 0. The second-order valence-corrected chi connectivity index (χ2v) is 18.0. The zero-order chi connectivity index (χ0) is 39.7. The second kappa shape index (κ2) is 15.8. The minimum atomic E-state index is -4.49. The van der Waals surface area contributed by atoms with Gasteiger partial charge in [0.1, 0.15) is 0 Å². The Morgan fingerprint density at radius 1 is 0.623 bits per heavy atom. The molecule has 0 aromatic heterocycles. The van der Waals surface area contributed by atoms with E-state index in [0.717, 1.165) is 54.9 Å². The fourth-order valence-electron chi connectivity index (χ4n) is 5.95. The van der Waals surface area contributed by atoms with Gasteiger partial charge in [0.05, 0.1) is 0 Å². The Labute approximate surface area is 326 Å². The summed E-state index contributed by atoms with van der Waals surface area (Å²) in [4.78, 5) is 0. The second-order valence-electron chi connectivity index (χ2n) is 16.8. The molecule has 53 heavy (non-hydrogen) atoms. The van der Waals surface area contributed by atoms with Crippen molar-refractivity contribution in [1.82, 2.24) is 0 Å². The number of halogens is 6. The van der Waals surface area contributed by atoms with Crippen LogP contribution < -0.4 is 0 Å². The standard InChI is InChI=1S/C21H25.C15H8F6.C10H15.Zr/c1-20(2,3)16-7-9-18-14(12-16)11-15-13-17(21(4,5)6)8-10-19(15)18;16-14(17,18)12-5-1-3-10(8-12)7-11-4-2-6-13(9-11)15(19,20)21;1-8-5-6-9(7-8)10(2,3)4;/h7-10,12H,11H2,1-6H3;1-6,8-9H;6-8H,1-4H3;/q-1;;-1;+2. The van der Waals surface area contributed by atoms with Gasteiger partial charge in [-0.15, -0.1) is 11.1 Å². The van der Waals surface area contributed by atoms with Crippen LogP contribution in [0.1, 0.15) is 114 Å². The molecule has 0 aliphatic heterocycles. The third-order valence-corrected chi connectivity index (χ3v) is 10.6. The predicted octanol–water partition coefficient (Wildman–Crippen LogP) is 13.5. The van der Waals surface area contributed by atoms with Crippen molar-refractivity contribution < 1.29 is 50.6 Å². The van der Waals surface area contributed by atoms with Gasteiger partial charge in [-0.25, -0.2) is 6.08 Å². The summed E-state index contributed by atoms with van der Waals surface area (Å²) in [5.41, 5.74) is 9.32. The summed E-state index contributed by atoms with van der Waals surface area (Å²) in [5.74, 6) is 0.522. The summed E-state index contributed by atoms with van der Waals surface area (Å²) < 4.78 is 76.7. The monoisotopic (exact) mass is 804 g/mol. The first-order valence-electron chi connectivity index (χ1n) is 17.7. The molecule has 0 nitrogen and oxygen atoms in total. The van der Waals surface area contributed by atoms with Gasteiger partial charge in [0.25, 0.3) is 0 Å². The van der Waals surface area contributed by atoms with E-state index in [2.05, 4.69) is 124 Å². The van der Waals surface area contributed by atoms with Gasteiger partial charge in [0, 0.05) is 0 Å². The molecule has 0 bridgehead atoms. The van der Waals surface area contributed by atoms with Crippen molar-refractivity contribution in [2.24, 2.45) is 11.3 Å². The SMILES string of the molecule is CC(C)(C)c1[c-]c2c(cc1)-c1ccc(C(C)(C)C)cc1C2.CC1[C-]=CC(C(C)(C)C)=C1.FC(F)(F)c1cccc([C](=[Zr+2])c2cccc(C(F)(F)F)c2)c1. The molecule has 7 heteroatoms. The van der Waals surface area contributed by atoms with Crippen molar-refractivity contribution in [3.05, 3.63) is 153 Å². The van der Waals surface area contributed by atoms with Crippen LogP contribution in [-0.4, -0.2) is 3.21 Å². The number of fused-ring (bicyclic) bond motifs is 3. The Morgan fingerprint density at radius 3 is 1.57 bits per heavy atom. The Hall–Kier alpha value is -3.31. The van der Waals surface area contributed by atoms with Crippen LogP contribution in [0.5, 0.6) is 0 Å². The first-order chi connectivity index (χ1) is 24.2. The molecule has 278 valence electrons. The maximum atomic E-state index is 12.7. The molecule has 4 aromatic rings. The molecule has 0 saturated carbocycles. The zero-order valence-corrected chi connectivity index (χ0v) is 34.7. The molecule has 0 N–H and O–H groups in total. The van der Waals surface area contributed by atoms with E-state index in [0.29, 0.717) is 14.5 Å². The summed E-state index contributed by atoms with van der Waals surface area (Å²) in [6.45, 7) is 22.5. The molecule has 0 amide bonds. The summed E-state index contributed by atoms with van der Waals surface area (Å²) in [7, 11) is 0. The number of hydrogen-bond acceptors (Lipinski definition) is 0. The zero-order valence-electron chi connectivity index (χ0n) is 32.2. The first-order valence-corrected chi connectivity index (χ1v) is 18.9. The summed E-state index contributed by atoms with van der Waals surface area (Å²) >= 11 is 0.729. The number of alkyl halides is 6. The van der Waals surface area contributed by atoms with Crippen molar-refractivity contribution >= 4 is 3.21 Å². The van der Waals surface area contributed by atoms with Gasteiger partial charge >= 0.3 is 137 Å². The average Bonchev–Trinajstić information content (AvgIpc) is 3.66. The van der Waals surface area contributed by atoms with E-state index in [4.69, 9.17) is 0 Å². The van der Waals surface area contributed by atoms with E-state index in [-0.39, 0.29) is 22.0 Å². The Balaban J connectivity index is 0.000000190.